The largest absolute Gasteiger partial charge is 0.507 e. The maximum absolute atomic E-state index is 13.0. The van der Waals surface area contributed by atoms with Crippen LogP contribution in [0.2, 0.25) is 0 Å². The van der Waals surface area contributed by atoms with Gasteiger partial charge in [-0.25, -0.2) is 9.59 Å². The molecule has 2 aromatic rings. The van der Waals surface area contributed by atoms with Gasteiger partial charge in [0.2, 0.25) is 0 Å². The Bertz CT molecular complexity index is 1090. The first-order chi connectivity index (χ1) is 13.2. The number of aromatic hydroxyl groups is 2. The number of fused-ring (bicyclic) bond motifs is 3. The second-order valence-electron chi connectivity index (χ2n) is 6.54. The van der Waals surface area contributed by atoms with E-state index in [9.17, 15) is 39.6 Å². The molecule has 0 amide bonds. The van der Waals surface area contributed by atoms with Gasteiger partial charge >= 0.3 is 11.9 Å². The number of allylic oxidation sites excluding steroid dienone is 2. The van der Waals surface area contributed by atoms with E-state index in [0.29, 0.717) is 0 Å². The van der Waals surface area contributed by atoms with E-state index in [4.69, 9.17) is 0 Å². The zero-order chi connectivity index (χ0) is 20.3. The van der Waals surface area contributed by atoms with Crippen molar-refractivity contribution in [3.63, 3.8) is 0 Å². The maximum atomic E-state index is 13.0. The van der Waals surface area contributed by atoms with E-state index in [1.165, 1.54) is 12.1 Å². The molecule has 0 aliphatic heterocycles. The molecule has 0 fully saturated rings. The number of carbonyl (C=O) groups is 4. The molecule has 0 bridgehead atoms. The van der Waals surface area contributed by atoms with E-state index in [1.54, 1.807) is 12.1 Å². The fourth-order valence-electron chi connectivity index (χ4n) is 3.81. The number of ketones is 2. The lowest BCUT2D eigenvalue weighted by Crippen LogP contribution is -2.38. The molecule has 140 valence electrons. The number of Topliss-reactive ketones (excluding diaryl/α,β-unsaturated/α-hetero) is 2. The Hall–Kier alpha value is -3.94. The highest BCUT2D eigenvalue weighted by molar-refractivity contribution is 6.24. The number of hydrogen-bond donors (Lipinski definition) is 4. The number of aliphatic carboxylic acids is 2. The summed E-state index contributed by atoms with van der Waals surface area (Å²) in [5.74, 6) is -8.19. The van der Waals surface area contributed by atoms with Gasteiger partial charge in [-0.1, -0.05) is 36.4 Å². The molecule has 0 aromatic heterocycles. The third kappa shape index (κ3) is 2.18. The molecule has 2 aromatic carbocycles. The molecule has 28 heavy (non-hydrogen) atoms. The summed E-state index contributed by atoms with van der Waals surface area (Å²) in [5, 5.41) is 40.1. The van der Waals surface area contributed by atoms with Gasteiger partial charge in [-0.3, -0.25) is 9.59 Å². The van der Waals surface area contributed by atoms with Crippen LogP contribution in [0.3, 0.4) is 0 Å². The van der Waals surface area contributed by atoms with Crippen molar-refractivity contribution in [1.29, 1.82) is 0 Å². The smallest absolute Gasteiger partial charge is 0.336 e. The highest BCUT2D eigenvalue weighted by Crippen LogP contribution is 2.47. The van der Waals surface area contributed by atoms with Crippen LogP contribution in [0.5, 0.6) is 11.5 Å². The van der Waals surface area contributed by atoms with Crippen LogP contribution in [0.25, 0.3) is 10.8 Å². The molecular formula is C20H12O8. The van der Waals surface area contributed by atoms with E-state index >= 15 is 0 Å². The summed E-state index contributed by atoms with van der Waals surface area (Å²) in [6.07, 6.45) is 1.84. The Kier molecular flexibility index (Phi) is 3.61. The van der Waals surface area contributed by atoms with Crippen molar-refractivity contribution in [2.75, 3.05) is 0 Å². The standard InChI is InChI=1S/C20H12O8/c21-15-7-3-1-2-4-8(7)16(22)14-13(15)17(23)9-5-11(19(25)26)12(20(27)28)6-10(9)18(14)24/h1-6,9-10,21-22H,(H,25,26)(H,27,28). The van der Waals surface area contributed by atoms with Crippen molar-refractivity contribution in [3.8, 4) is 11.5 Å². The fourth-order valence-corrected chi connectivity index (χ4v) is 3.81. The normalized spacial score (nSPS) is 20.9. The summed E-state index contributed by atoms with van der Waals surface area (Å²) >= 11 is 0. The first-order valence-electron chi connectivity index (χ1n) is 8.19. The minimum Gasteiger partial charge on any atom is -0.507 e. The van der Waals surface area contributed by atoms with E-state index in [-0.39, 0.29) is 10.8 Å². The molecule has 2 aliphatic carbocycles. The van der Waals surface area contributed by atoms with Crippen LogP contribution in [-0.2, 0) is 9.59 Å². The number of rotatable bonds is 2. The van der Waals surface area contributed by atoms with Crippen molar-refractivity contribution in [3.05, 3.63) is 58.7 Å². The van der Waals surface area contributed by atoms with Crippen molar-refractivity contribution >= 4 is 34.3 Å². The van der Waals surface area contributed by atoms with Gasteiger partial charge in [-0.15, -0.1) is 0 Å². The molecule has 2 atom stereocenters. The van der Waals surface area contributed by atoms with Crippen LogP contribution >= 0.6 is 0 Å². The highest BCUT2D eigenvalue weighted by atomic mass is 16.4. The summed E-state index contributed by atoms with van der Waals surface area (Å²) in [7, 11) is 0. The van der Waals surface area contributed by atoms with Gasteiger partial charge in [0, 0.05) is 10.8 Å². The van der Waals surface area contributed by atoms with Crippen LogP contribution < -0.4 is 0 Å². The number of carbonyl (C=O) groups excluding carboxylic acids is 2. The summed E-state index contributed by atoms with van der Waals surface area (Å²) < 4.78 is 0. The molecule has 0 saturated heterocycles. The highest BCUT2D eigenvalue weighted by Gasteiger charge is 2.46. The topological polar surface area (TPSA) is 149 Å². The number of phenols is 2. The minimum atomic E-state index is -1.55. The molecule has 0 heterocycles. The van der Waals surface area contributed by atoms with Gasteiger partial charge in [0.05, 0.1) is 34.1 Å². The predicted molar refractivity (Wildman–Crippen MR) is 94.4 cm³/mol. The third-order valence-corrected chi connectivity index (χ3v) is 5.09. The summed E-state index contributed by atoms with van der Waals surface area (Å²) in [6, 6.07) is 6.10. The van der Waals surface area contributed by atoms with Gasteiger partial charge in [0.25, 0.3) is 0 Å². The van der Waals surface area contributed by atoms with E-state index in [1.807, 2.05) is 0 Å². The second-order valence-corrected chi connectivity index (χ2v) is 6.54. The average Bonchev–Trinajstić information content (AvgIpc) is 2.67. The molecule has 4 rings (SSSR count). The van der Waals surface area contributed by atoms with Crippen LogP contribution in [0.15, 0.2) is 47.6 Å². The zero-order valence-corrected chi connectivity index (χ0v) is 14.0. The van der Waals surface area contributed by atoms with Crippen LogP contribution in [-0.4, -0.2) is 43.9 Å². The molecule has 2 unspecified atom stereocenters. The molecule has 0 spiro atoms. The number of hydrogen-bond acceptors (Lipinski definition) is 6. The quantitative estimate of drug-likeness (QED) is 0.577. The number of carboxylic acids is 2. The SMILES string of the molecule is O=C(O)C1=CC2C(=O)c3c(c(O)c4ccccc4c3O)C(=O)C2C=C1C(=O)O. The summed E-state index contributed by atoms with van der Waals surface area (Å²) in [5.41, 5.74) is -2.00. The number of carboxylic acid groups (broad SMARTS) is 2. The van der Waals surface area contributed by atoms with Crippen LogP contribution in [0, 0.1) is 11.8 Å². The molecule has 0 radical (unpaired) electrons. The molecular weight excluding hydrogens is 368 g/mol. The maximum Gasteiger partial charge on any atom is 0.336 e. The molecule has 0 saturated carbocycles. The van der Waals surface area contributed by atoms with E-state index < -0.39 is 69.1 Å². The number of phenolic OH excluding ortho intramolecular Hbond substituents is 2. The second kappa shape index (κ2) is 5.78. The summed E-state index contributed by atoms with van der Waals surface area (Å²) in [6.45, 7) is 0. The first kappa shape index (κ1) is 17.5. The van der Waals surface area contributed by atoms with E-state index in [0.717, 1.165) is 12.2 Å². The van der Waals surface area contributed by atoms with Gasteiger partial charge in [-0.05, 0) is 0 Å². The Morgan fingerprint density at radius 1 is 0.714 bits per heavy atom. The molecule has 8 heteroatoms. The van der Waals surface area contributed by atoms with Crippen molar-refractivity contribution in [2.24, 2.45) is 11.8 Å². The molecule has 4 N–H and O–H groups in total. The Labute approximate surface area is 156 Å². The van der Waals surface area contributed by atoms with Crippen LogP contribution in [0.1, 0.15) is 20.7 Å². The van der Waals surface area contributed by atoms with Gasteiger partial charge in [-0.2, -0.15) is 0 Å². The fraction of sp³-hybridized carbons (Fsp3) is 0.100. The van der Waals surface area contributed by atoms with Gasteiger partial charge < -0.3 is 20.4 Å². The Morgan fingerprint density at radius 3 is 1.39 bits per heavy atom. The van der Waals surface area contributed by atoms with Crippen molar-refractivity contribution in [2.45, 2.75) is 0 Å². The number of benzene rings is 2. The predicted octanol–water partition coefficient (Wildman–Crippen LogP) is 1.90. The van der Waals surface area contributed by atoms with Crippen molar-refractivity contribution < 1.29 is 39.6 Å². The van der Waals surface area contributed by atoms with Crippen molar-refractivity contribution in [1.82, 2.24) is 0 Å². The lowest BCUT2D eigenvalue weighted by molar-refractivity contribution is -0.136. The third-order valence-electron chi connectivity index (χ3n) is 5.09. The van der Waals surface area contributed by atoms with Gasteiger partial charge in [0.15, 0.2) is 11.6 Å². The van der Waals surface area contributed by atoms with Gasteiger partial charge in [0.1, 0.15) is 11.5 Å². The zero-order valence-electron chi connectivity index (χ0n) is 14.0. The Morgan fingerprint density at radius 2 is 1.07 bits per heavy atom. The lowest BCUT2D eigenvalue weighted by atomic mass is 9.69. The molecule has 2 aliphatic rings. The average molecular weight is 380 g/mol. The minimum absolute atomic E-state index is 0.165. The monoisotopic (exact) mass is 380 g/mol. The Balaban J connectivity index is 2.03. The first-order valence-corrected chi connectivity index (χ1v) is 8.19. The summed E-state index contributed by atoms with van der Waals surface area (Å²) in [4.78, 5) is 48.9. The van der Waals surface area contributed by atoms with Crippen LogP contribution in [0.4, 0.5) is 0 Å². The van der Waals surface area contributed by atoms with E-state index in [2.05, 4.69) is 0 Å². The molecule has 8 nitrogen and oxygen atoms in total. The lowest BCUT2D eigenvalue weighted by Gasteiger charge is -2.31.